The van der Waals surface area contributed by atoms with Crippen LogP contribution < -0.4 is 11.1 Å². The molecule has 3 rings (SSSR count). The minimum atomic E-state index is -0.401. The summed E-state index contributed by atoms with van der Waals surface area (Å²) in [5.41, 5.74) is 7.16. The van der Waals surface area contributed by atoms with Gasteiger partial charge in [-0.2, -0.15) is 0 Å². The molecule has 0 heterocycles. The molecule has 2 aliphatic carbocycles. The minimum absolute atomic E-state index is 0. The molecule has 1 aromatic carbocycles. The average molecular weight is 382 g/mol. The second-order valence-electron chi connectivity index (χ2n) is 7.52. The summed E-state index contributed by atoms with van der Waals surface area (Å²) in [6.07, 6.45) is 5.92. The van der Waals surface area contributed by atoms with E-state index >= 15 is 0 Å². The standard InChI is InChI=1S/C19H27N3O3.ClH/c1-2-17(12-5-4-8-16(11-12)22(24)25)21-19(23)15-9-13-6-3-7-14(10-15)18(13)20;/h4-5,8,11,13-15,17-18H,2-3,6-7,9-10,20H2,1H3,(H,21,23);1H. The molecule has 2 aliphatic rings. The van der Waals surface area contributed by atoms with Crippen molar-refractivity contribution in [3.05, 3.63) is 39.9 Å². The fourth-order valence-electron chi connectivity index (χ4n) is 4.57. The molecule has 3 atom stereocenters. The van der Waals surface area contributed by atoms with Gasteiger partial charge >= 0.3 is 0 Å². The molecule has 6 nitrogen and oxygen atoms in total. The van der Waals surface area contributed by atoms with Gasteiger partial charge in [-0.05, 0) is 49.5 Å². The van der Waals surface area contributed by atoms with Crippen molar-refractivity contribution in [1.82, 2.24) is 5.32 Å². The third kappa shape index (κ3) is 4.35. The Balaban J connectivity index is 0.00000243. The SMILES string of the molecule is CCC(NC(=O)C1CC2CCCC(C1)C2N)c1cccc([N+](=O)[O-])c1.Cl. The van der Waals surface area contributed by atoms with Crippen LogP contribution in [0.25, 0.3) is 0 Å². The number of amides is 1. The zero-order valence-electron chi connectivity index (χ0n) is 15.1. The van der Waals surface area contributed by atoms with Crippen molar-refractivity contribution >= 4 is 24.0 Å². The topological polar surface area (TPSA) is 98.3 Å². The van der Waals surface area contributed by atoms with Crippen molar-refractivity contribution < 1.29 is 9.72 Å². The van der Waals surface area contributed by atoms with Crippen LogP contribution in [0.5, 0.6) is 0 Å². The van der Waals surface area contributed by atoms with Crippen LogP contribution in [0.3, 0.4) is 0 Å². The Hall–Kier alpha value is -1.66. The lowest BCUT2D eigenvalue weighted by atomic mass is 9.65. The Bertz CT molecular complexity index is 641. The Labute approximate surface area is 160 Å². The summed E-state index contributed by atoms with van der Waals surface area (Å²) in [5, 5.41) is 14.1. The molecule has 144 valence electrons. The Morgan fingerprint density at radius 1 is 1.35 bits per heavy atom. The van der Waals surface area contributed by atoms with Crippen LogP contribution in [-0.2, 0) is 4.79 Å². The number of nitro benzene ring substituents is 1. The molecule has 3 unspecified atom stereocenters. The van der Waals surface area contributed by atoms with E-state index < -0.39 is 4.92 Å². The fraction of sp³-hybridized carbons (Fsp3) is 0.632. The first kappa shape index (κ1) is 20.6. The number of carbonyl (C=O) groups is 1. The zero-order chi connectivity index (χ0) is 18.0. The van der Waals surface area contributed by atoms with Crippen molar-refractivity contribution in [2.75, 3.05) is 0 Å². The van der Waals surface area contributed by atoms with Crippen LogP contribution in [0.15, 0.2) is 24.3 Å². The number of non-ortho nitro benzene ring substituents is 1. The summed E-state index contributed by atoms with van der Waals surface area (Å²) in [6, 6.07) is 6.60. The monoisotopic (exact) mass is 381 g/mol. The lowest BCUT2D eigenvalue weighted by Crippen LogP contribution is -2.49. The molecule has 26 heavy (non-hydrogen) atoms. The number of fused-ring (bicyclic) bond motifs is 2. The van der Waals surface area contributed by atoms with Gasteiger partial charge in [0.2, 0.25) is 5.91 Å². The highest BCUT2D eigenvalue weighted by Gasteiger charge is 2.40. The van der Waals surface area contributed by atoms with Gasteiger partial charge < -0.3 is 11.1 Å². The molecule has 1 amide bonds. The Morgan fingerprint density at radius 3 is 2.58 bits per heavy atom. The van der Waals surface area contributed by atoms with E-state index in [1.165, 1.54) is 12.5 Å². The highest BCUT2D eigenvalue weighted by Crippen LogP contribution is 2.42. The molecular weight excluding hydrogens is 354 g/mol. The number of hydrogen-bond donors (Lipinski definition) is 2. The number of halogens is 1. The normalized spacial score (nSPS) is 28.5. The molecule has 0 saturated heterocycles. The Kier molecular flexibility index (Phi) is 7.01. The van der Waals surface area contributed by atoms with Crippen LogP contribution in [0, 0.1) is 27.9 Å². The second kappa shape index (κ2) is 8.82. The van der Waals surface area contributed by atoms with Crippen molar-refractivity contribution in [3.63, 3.8) is 0 Å². The van der Waals surface area contributed by atoms with Gasteiger partial charge in [-0.15, -0.1) is 12.4 Å². The van der Waals surface area contributed by atoms with E-state index in [9.17, 15) is 14.9 Å². The molecule has 0 spiro atoms. The lowest BCUT2D eigenvalue weighted by Gasteiger charge is -2.43. The van der Waals surface area contributed by atoms with E-state index in [1.807, 2.05) is 13.0 Å². The minimum Gasteiger partial charge on any atom is -0.349 e. The second-order valence-corrected chi connectivity index (χ2v) is 7.52. The van der Waals surface area contributed by atoms with Gasteiger partial charge in [0.1, 0.15) is 0 Å². The van der Waals surface area contributed by atoms with E-state index in [1.54, 1.807) is 12.1 Å². The van der Waals surface area contributed by atoms with Gasteiger partial charge in [0.05, 0.1) is 11.0 Å². The number of hydrogen-bond acceptors (Lipinski definition) is 4. The van der Waals surface area contributed by atoms with E-state index in [-0.39, 0.29) is 42.0 Å². The van der Waals surface area contributed by atoms with Gasteiger partial charge in [-0.3, -0.25) is 14.9 Å². The fourth-order valence-corrected chi connectivity index (χ4v) is 4.57. The predicted molar refractivity (Wildman–Crippen MR) is 103 cm³/mol. The number of benzene rings is 1. The third-order valence-electron chi connectivity index (χ3n) is 5.99. The smallest absolute Gasteiger partial charge is 0.269 e. The first-order valence-electron chi connectivity index (χ1n) is 9.30. The number of nitrogens with one attached hydrogen (secondary N) is 1. The summed E-state index contributed by atoms with van der Waals surface area (Å²) in [6.45, 7) is 1.98. The van der Waals surface area contributed by atoms with Crippen molar-refractivity contribution in [2.24, 2.45) is 23.5 Å². The van der Waals surface area contributed by atoms with Crippen molar-refractivity contribution in [1.29, 1.82) is 0 Å². The van der Waals surface area contributed by atoms with Crippen LogP contribution in [0.1, 0.15) is 57.1 Å². The van der Waals surface area contributed by atoms with Gasteiger partial charge in [0.15, 0.2) is 0 Å². The van der Waals surface area contributed by atoms with Crippen molar-refractivity contribution in [3.8, 4) is 0 Å². The number of carbonyl (C=O) groups excluding carboxylic acids is 1. The third-order valence-corrected chi connectivity index (χ3v) is 5.99. The highest BCUT2D eigenvalue weighted by molar-refractivity contribution is 5.85. The largest absolute Gasteiger partial charge is 0.349 e. The quantitative estimate of drug-likeness (QED) is 0.599. The maximum Gasteiger partial charge on any atom is 0.269 e. The van der Waals surface area contributed by atoms with E-state index in [0.717, 1.165) is 31.2 Å². The average Bonchev–Trinajstić information content (AvgIpc) is 2.59. The van der Waals surface area contributed by atoms with Gasteiger partial charge in [0.25, 0.3) is 5.69 Å². The molecule has 2 bridgehead atoms. The van der Waals surface area contributed by atoms with E-state index in [0.29, 0.717) is 18.3 Å². The van der Waals surface area contributed by atoms with Crippen LogP contribution >= 0.6 is 12.4 Å². The molecule has 3 N–H and O–H groups in total. The number of nitrogens with zero attached hydrogens (tertiary/aromatic N) is 1. The van der Waals surface area contributed by atoms with Crippen LogP contribution in [0.2, 0.25) is 0 Å². The molecule has 2 fully saturated rings. The highest BCUT2D eigenvalue weighted by atomic mass is 35.5. The zero-order valence-corrected chi connectivity index (χ0v) is 15.9. The molecule has 0 aromatic heterocycles. The first-order valence-corrected chi connectivity index (χ1v) is 9.30. The summed E-state index contributed by atoms with van der Waals surface area (Å²) >= 11 is 0. The van der Waals surface area contributed by atoms with Crippen molar-refractivity contribution in [2.45, 2.75) is 57.5 Å². The summed E-state index contributed by atoms with van der Waals surface area (Å²) in [7, 11) is 0. The van der Waals surface area contributed by atoms with Gasteiger partial charge in [-0.25, -0.2) is 0 Å². The Morgan fingerprint density at radius 2 is 2.00 bits per heavy atom. The summed E-state index contributed by atoms with van der Waals surface area (Å²) in [5.74, 6) is 1.01. The lowest BCUT2D eigenvalue weighted by molar-refractivity contribution is -0.384. The maximum atomic E-state index is 12.8. The molecule has 0 radical (unpaired) electrons. The molecule has 0 aliphatic heterocycles. The van der Waals surface area contributed by atoms with Gasteiger partial charge in [0, 0.05) is 24.1 Å². The first-order chi connectivity index (χ1) is 12.0. The molecular formula is C19H28ClN3O3. The summed E-state index contributed by atoms with van der Waals surface area (Å²) in [4.78, 5) is 23.4. The predicted octanol–water partition coefficient (Wildman–Crippen LogP) is 3.74. The van der Waals surface area contributed by atoms with Crippen LogP contribution in [0.4, 0.5) is 5.69 Å². The number of nitrogens with two attached hydrogens (primary N) is 1. The van der Waals surface area contributed by atoms with Gasteiger partial charge in [-0.1, -0.05) is 25.5 Å². The molecule has 7 heteroatoms. The van der Waals surface area contributed by atoms with E-state index in [4.69, 9.17) is 5.73 Å². The summed E-state index contributed by atoms with van der Waals surface area (Å²) < 4.78 is 0. The molecule has 1 aromatic rings. The number of rotatable bonds is 5. The maximum absolute atomic E-state index is 12.8. The molecule has 2 saturated carbocycles. The number of nitro groups is 1. The van der Waals surface area contributed by atoms with E-state index in [2.05, 4.69) is 5.32 Å². The van der Waals surface area contributed by atoms with Crippen LogP contribution in [-0.4, -0.2) is 16.9 Å².